The minimum Gasteiger partial charge on any atom is -0.466 e. The smallest absolute Gasteiger partial charge is 0.337 e. The van der Waals surface area contributed by atoms with Gasteiger partial charge in [-0.1, -0.05) is 25.4 Å². The Bertz CT molecular complexity index is 925. The number of amides is 2. The second kappa shape index (κ2) is 10.2. The molecule has 3 rings (SSSR count). The number of anilines is 2. The standard InChI is InChI=1S/C22H29ClN4O5/c1-14(2)20(29)26-8-6-25(7-9-26)18-5-4-15(23)12-17(18)24-19-16(22(31)32-3)13-27(10-11-28)21(19)30/h4-5,12,14,24,28H,6-11,13H2,1-3H3. The predicted molar refractivity (Wildman–Crippen MR) is 121 cm³/mol. The van der Waals surface area contributed by atoms with Crippen molar-refractivity contribution in [3.8, 4) is 0 Å². The molecule has 0 aliphatic carbocycles. The van der Waals surface area contributed by atoms with Crippen LogP contribution in [0.15, 0.2) is 29.5 Å². The third kappa shape index (κ3) is 4.99. The van der Waals surface area contributed by atoms with Crippen LogP contribution < -0.4 is 10.2 Å². The van der Waals surface area contributed by atoms with E-state index < -0.39 is 11.9 Å². The fourth-order valence-electron chi connectivity index (χ4n) is 3.90. The van der Waals surface area contributed by atoms with E-state index in [1.807, 2.05) is 24.8 Å². The van der Waals surface area contributed by atoms with Crippen LogP contribution in [0.3, 0.4) is 0 Å². The zero-order valence-electron chi connectivity index (χ0n) is 18.6. The number of β-amino-alcohol motifs (C(OH)–C–C–N with tert-alkyl or cyclic N) is 1. The number of halogens is 1. The van der Waals surface area contributed by atoms with E-state index in [9.17, 15) is 19.5 Å². The summed E-state index contributed by atoms with van der Waals surface area (Å²) < 4.78 is 4.85. The molecule has 2 N–H and O–H groups in total. The van der Waals surface area contributed by atoms with Gasteiger partial charge in [-0.3, -0.25) is 9.59 Å². The second-order valence-corrected chi connectivity index (χ2v) is 8.49. The summed E-state index contributed by atoms with van der Waals surface area (Å²) in [6, 6.07) is 5.32. The molecule has 0 bridgehead atoms. The molecule has 10 heteroatoms. The Balaban J connectivity index is 1.86. The minimum atomic E-state index is -0.606. The Morgan fingerprint density at radius 3 is 2.50 bits per heavy atom. The molecule has 32 heavy (non-hydrogen) atoms. The summed E-state index contributed by atoms with van der Waals surface area (Å²) in [6.45, 7) is 6.18. The number of nitrogens with zero attached hydrogens (tertiary/aromatic N) is 3. The van der Waals surface area contributed by atoms with Gasteiger partial charge in [-0.15, -0.1) is 0 Å². The molecule has 2 heterocycles. The fraction of sp³-hybridized carbons (Fsp3) is 0.500. The Morgan fingerprint density at radius 2 is 1.91 bits per heavy atom. The molecule has 1 saturated heterocycles. The lowest BCUT2D eigenvalue weighted by Crippen LogP contribution is -2.50. The third-order valence-corrected chi connectivity index (χ3v) is 5.83. The number of hydrogen-bond donors (Lipinski definition) is 2. The topological polar surface area (TPSA) is 102 Å². The number of aliphatic hydroxyl groups is 1. The van der Waals surface area contributed by atoms with Crippen LogP contribution >= 0.6 is 11.6 Å². The number of benzene rings is 1. The van der Waals surface area contributed by atoms with Crippen molar-refractivity contribution in [2.75, 3.05) is 63.2 Å². The van der Waals surface area contributed by atoms with E-state index in [2.05, 4.69) is 10.2 Å². The molecule has 2 amide bonds. The highest BCUT2D eigenvalue weighted by Gasteiger charge is 2.35. The number of piperazine rings is 1. The van der Waals surface area contributed by atoms with E-state index in [0.29, 0.717) is 36.9 Å². The van der Waals surface area contributed by atoms with Crippen LogP contribution in [0.4, 0.5) is 11.4 Å². The van der Waals surface area contributed by atoms with Crippen molar-refractivity contribution in [3.05, 3.63) is 34.5 Å². The van der Waals surface area contributed by atoms with Gasteiger partial charge < -0.3 is 29.9 Å². The summed E-state index contributed by atoms with van der Waals surface area (Å²) in [4.78, 5) is 42.8. The number of carbonyl (C=O) groups is 3. The average Bonchev–Trinajstić information content (AvgIpc) is 3.08. The lowest BCUT2D eigenvalue weighted by molar-refractivity contribution is -0.136. The summed E-state index contributed by atoms with van der Waals surface area (Å²) in [5.41, 5.74) is 1.71. The van der Waals surface area contributed by atoms with E-state index in [4.69, 9.17) is 16.3 Å². The predicted octanol–water partition coefficient (Wildman–Crippen LogP) is 1.32. The van der Waals surface area contributed by atoms with Crippen molar-refractivity contribution in [1.82, 2.24) is 9.80 Å². The molecule has 0 aromatic heterocycles. The van der Waals surface area contributed by atoms with Gasteiger partial charge in [0.25, 0.3) is 5.91 Å². The van der Waals surface area contributed by atoms with Crippen LogP contribution in [0.5, 0.6) is 0 Å². The average molecular weight is 465 g/mol. The van der Waals surface area contributed by atoms with Gasteiger partial charge in [0.1, 0.15) is 5.70 Å². The van der Waals surface area contributed by atoms with E-state index in [0.717, 1.165) is 5.69 Å². The summed E-state index contributed by atoms with van der Waals surface area (Å²) in [6.07, 6.45) is 0. The second-order valence-electron chi connectivity index (χ2n) is 8.05. The lowest BCUT2D eigenvalue weighted by Gasteiger charge is -2.37. The van der Waals surface area contributed by atoms with Crippen LogP contribution in [-0.2, 0) is 19.1 Å². The molecule has 0 saturated carbocycles. The lowest BCUT2D eigenvalue weighted by atomic mass is 10.1. The molecule has 9 nitrogen and oxygen atoms in total. The molecule has 2 aliphatic rings. The normalized spacial score (nSPS) is 16.8. The van der Waals surface area contributed by atoms with Crippen molar-refractivity contribution >= 4 is 40.8 Å². The molecular formula is C22H29ClN4O5. The van der Waals surface area contributed by atoms with E-state index in [1.165, 1.54) is 12.0 Å². The Morgan fingerprint density at radius 1 is 1.22 bits per heavy atom. The fourth-order valence-corrected chi connectivity index (χ4v) is 4.07. The maximum atomic E-state index is 12.9. The number of esters is 1. The van der Waals surface area contributed by atoms with E-state index >= 15 is 0 Å². The number of aliphatic hydroxyl groups excluding tert-OH is 1. The number of methoxy groups -OCH3 is 1. The highest BCUT2D eigenvalue weighted by molar-refractivity contribution is 6.31. The highest BCUT2D eigenvalue weighted by atomic mass is 35.5. The number of hydrogen-bond acceptors (Lipinski definition) is 7. The van der Waals surface area contributed by atoms with Crippen molar-refractivity contribution in [2.45, 2.75) is 13.8 Å². The van der Waals surface area contributed by atoms with E-state index in [1.54, 1.807) is 12.1 Å². The molecule has 0 radical (unpaired) electrons. The molecule has 1 fully saturated rings. The maximum absolute atomic E-state index is 12.9. The first-order chi connectivity index (χ1) is 15.3. The number of carbonyl (C=O) groups excluding carboxylic acids is 3. The minimum absolute atomic E-state index is 0.0479. The molecule has 0 spiro atoms. The zero-order chi connectivity index (χ0) is 23.4. The quantitative estimate of drug-likeness (QED) is 0.586. The van der Waals surface area contributed by atoms with Gasteiger partial charge in [0.2, 0.25) is 5.91 Å². The molecule has 0 atom stereocenters. The van der Waals surface area contributed by atoms with Gasteiger partial charge in [-0.2, -0.15) is 0 Å². The van der Waals surface area contributed by atoms with Gasteiger partial charge in [-0.05, 0) is 18.2 Å². The summed E-state index contributed by atoms with van der Waals surface area (Å²) in [7, 11) is 1.26. The number of rotatable bonds is 7. The van der Waals surface area contributed by atoms with Crippen molar-refractivity contribution in [3.63, 3.8) is 0 Å². The van der Waals surface area contributed by atoms with Gasteiger partial charge in [0.05, 0.1) is 37.2 Å². The Kier molecular flexibility index (Phi) is 7.63. The van der Waals surface area contributed by atoms with Crippen LogP contribution in [0.1, 0.15) is 13.8 Å². The van der Waals surface area contributed by atoms with Gasteiger partial charge in [0, 0.05) is 43.7 Å². The van der Waals surface area contributed by atoms with Crippen molar-refractivity contribution < 1.29 is 24.2 Å². The van der Waals surface area contributed by atoms with Crippen molar-refractivity contribution in [1.29, 1.82) is 0 Å². The first-order valence-corrected chi connectivity index (χ1v) is 11.0. The van der Waals surface area contributed by atoms with Crippen LogP contribution in [-0.4, -0.2) is 85.7 Å². The number of ether oxygens (including phenoxy) is 1. The Hall–Kier alpha value is -2.78. The number of nitrogens with one attached hydrogen (secondary N) is 1. The molecule has 1 aromatic carbocycles. The first-order valence-electron chi connectivity index (χ1n) is 10.6. The highest BCUT2D eigenvalue weighted by Crippen LogP contribution is 2.33. The molecular weight excluding hydrogens is 436 g/mol. The van der Waals surface area contributed by atoms with Gasteiger partial charge in [0.15, 0.2) is 0 Å². The van der Waals surface area contributed by atoms with Gasteiger partial charge in [-0.25, -0.2) is 4.79 Å². The first kappa shape index (κ1) is 23.9. The Labute approximate surface area is 192 Å². The maximum Gasteiger partial charge on any atom is 0.337 e. The largest absolute Gasteiger partial charge is 0.466 e. The zero-order valence-corrected chi connectivity index (χ0v) is 19.3. The molecule has 2 aliphatic heterocycles. The van der Waals surface area contributed by atoms with Crippen molar-refractivity contribution in [2.24, 2.45) is 5.92 Å². The summed E-state index contributed by atoms with van der Waals surface area (Å²) in [5, 5.41) is 12.8. The monoisotopic (exact) mass is 464 g/mol. The SMILES string of the molecule is COC(=O)C1=C(Nc2cc(Cl)ccc2N2CCN(C(=O)C(C)C)CC2)C(=O)N(CCO)C1. The molecule has 1 aromatic rings. The van der Waals surface area contributed by atoms with Crippen LogP contribution in [0, 0.1) is 5.92 Å². The van der Waals surface area contributed by atoms with E-state index in [-0.39, 0.29) is 42.8 Å². The molecule has 174 valence electrons. The van der Waals surface area contributed by atoms with Crippen LogP contribution in [0.2, 0.25) is 5.02 Å². The molecule has 0 unspecified atom stereocenters. The summed E-state index contributed by atoms with van der Waals surface area (Å²) in [5.74, 6) is -0.913. The van der Waals surface area contributed by atoms with Gasteiger partial charge >= 0.3 is 5.97 Å². The third-order valence-electron chi connectivity index (χ3n) is 5.60. The summed E-state index contributed by atoms with van der Waals surface area (Å²) >= 11 is 6.23. The van der Waals surface area contributed by atoms with Crippen LogP contribution in [0.25, 0.3) is 0 Å².